The highest BCUT2D eigenvalue weighted by Gasteiger charge is 2.25. The summed E-state index contributed by atoms with van der Waals surface area (Å²) in [6.07, 6.45) is 4.28. The van der Waals surface area contributed by atoms with E-state index in [-0.39, 0.29) is 22.0 Å². The van der Waals surface area contributed by atoms with Crippen molar-refractivity contribution in [2.75, 3.05) is 6.26 Å². The molecule has 182 valence electrons. The van der Waals surface area contributed by atoms with Gasteiger partial charge in [0.25, 0.3) is 10.0 Å². The molecule has 0 spiro atoms. The summed E-state index contributed by atoms with van der Waals surface area (Å²) < 4.78 is 55.2. The van der Waals surface area contributed by atoms with Crippen LogP contribution in [-0.2, 0) is 26.4 Å². The van der Waals surface area contributed by atoms with E-state index in [1.807, 2.05) is 13.0 Å². The largest absolute Gasteiger partial charge is 0.268 e. The fourth-order valence-electron chi connectivity index (χ4n) is 4.30. The van der Waals surface area contributed by atoms with Gasteiger partial charge in [-0.25, -0.2) is 25.8 Å². The van der Waals surface area contributed by atoms with Gasteiger partial charge in [-0.05, 0) is 55.8 Å². The third kappa shape index (κ3) is 3.94. The number of pyridine rings is 1. The summed E-state index contributed by atoms with van der Waals surface area (Å²) >= 11 is 0. The van der Waals surface area contributed by atoms with Gasteiger partial charge in [0.15, 0.2) is 15.5 Å². The summed E-state index contributed by atoms with van der Waals surface area (Å²) in [6, 6.07) is 15.0. The number of nitrogens with zero attached hydrogens (tertiary/aromatic N) is 5. The van der Waals surface area contributed by atoms with Crippen LogP contribution in [0.1, 0.15) is 22.4 Å². The Morgan fingerprint density at radius 3 is 2.39 bits per heavy atom. The van der Waals surface area contributed by atoms with E-state index in [0.29, 0.717) is 33.1 Å². The molecule has 0 unspecified atom stereocenters. The molecule has 9 nitrogen and oxygen atoms in total. The molecule has 0 saturated carbocycles. The Balaban J connectivity index is 1.73. The van der Waals surface area contributed by atoms with Gasteiger partial charge < -0.3 is 0 Å². The zero-order valence-electron chi connectivity index (χ0n) is 19.7. The molecule has 2 aromatic carbocycles. The maximum absolute atomic E-state index is 13.5. The molecule has 0 atom stereocenters. The normalized spacial score (nSPS) is 12.3. The van der Waals surface area contributed by atoms with Gasteiger partial charge in [0.2, 0.25) is 0 Å². The van der Waals surface area contributed by atoms with Gasteiger partial charge >= 0.3 is 0 Å². The number of aryl methyl sites for hydroxylation is 2. The van der Waals surface area contributed by atoms with Crippen molar-refractivity contribution in [1.29, 1.82) is 5.26 Å². The maximum atomic E-state index is 13.5. The van der Waals surface area contributed by atoms with E-state index in [0.717, 1.165) is 11.8 Å². The smallest absolute Gasteiger partial charge is 0.265 e. The molecule has 3 aromatic heterocycles. The van der Waals surface area contributed by atoms with Crippen LogP contribution < -0.4 is 0 Å². The van der Waals surface area contributed by atoms with E-state index < -0.39 is 19.9 Å². The SMILES string of the molecule is Cc1ccc(S(=O)(=O)n2ccc3c(Cn4cc5ccc(C#N)nc5n4)c(S(C)(=O)=O)cc(C)c32)cc1. The zero-order chi connectivity index (χ0) is 25.8. The van der Waals surface area contributed by atoms with Crippen LogP contribution in [0.2, 0.25) is 0 Å². The Kier molecular flexibility index (Phi) is 5.46. The lowest BCUT2D eigenvalue weighted by molar-refractivity contribution is 0.589. The fraction of sp³-hybridized carbons (Fsp3) is 0.160. The van der Waals surface area contributed by atoms with Crippen LogP contribution >= 0.6 is 0 Å². The van der Waals surface area contributed by atoms with E-state index in [4.69, 9.17) is 5.26 Å². The predicted octanol–water partition coefficient (Wildman–Crippen LogP) is 3.56. The van der Waals surface area contributed by atoms with E-state index >= 15 is 0 Å². The van der Waals surface area contributed by atoms with E-state index in [1.54, 1.807) is 60.3 Å². The highest BCUT2D eigenvalue weighted by molar-refractivity contribution is 7.91. The number of hydrogen-bond donors (Lipinski definition) is 0. The van der Waals surface area contributed by atoms with Gasteiger partial charge in [-0.2, -0.15) is 10.4 Å². The minimum Gasteiger partial charge on any atom is -0.265 e. The van der Waals surface area contributed by atoms with Crippen LogP contribution in [0, 0.1) is 25.2 Å². The second-order valence-electron chi connectivity index (χ2n) is 8.68. The van der Waals surface area contributed by atoms with Gasteiger partial charge in [-0.3, -0.25) is 4.68 Å². The molecule has 0 aliphatic heterocycles. The van der Waals surface area contributed by atoms with Gasteiger partial charge in [0.05, 0.1) is 21.9 Å². The number of rotatable bonds is 5. The van der Waals surface area contributed by atoms with Crippen molar-refractivity contribution in [3.8, 4) is 6.07 Å². The molecule has 0 N–H and O–H groups in total. The zero-order valence-corrected chi connectivity index (χ0v) is 21.3. The van der Waals surface area contributed by atoms with Crippen LogP contribution in [0.4, 0.5) is 0 Å². The topological polar surface area (TPSA) is 128 Å². The molecule has 0 amide bonds. The highest BCUT2D eigenvalue weighted by Crippen LogP contribution is 2.33. The molecule has 11 heteroatoms. The Hall–Kier alpha value is -4.01. The average molecular weight is 520 g/mol. The first-order valence-corrected chi connectivity index (χ1v) is 14.2. The van der Waals surface area contributed by atoms with E-state index in [2.05, 4.69) is 10.1 Å². The Bertz CT molecular complexity index is 1930. The standard InChI is InChI=1S/C25H21N5O4S2/c1-16-4-8-20(9-5-16)36(33,34)30-11-10-21-22(23(35(3,31)32)12-17(2)24(21)30)15-29-14-18-6-7-19(13-26)27-25(18)28-29/h4-12,14H,15H2,1-3H3. The second kappa shape index (κ2) is 8.29. The summed E-state index contributed by atoms with van der Waals surface area (Å²) in [5, 5.41) is 14.7. The third-order valence-corrected chi connectivity index (χ3v) is 8.88. The Morgan fingerprint density at radius 1 is 1.00 bits per heavy atom. The van der Waals surface area contributed by atoms with Crippen molar-refractivity contribution in [2.45, 2.75) is 30.2 Å². The number of hydrogen-bond acceptors (Lipinski definition) is 7. The number of fused-ring (bicyclic) bond motifs is 2. The molecular weight excluding hydrogens is 498 g/mol. The molecule has 36 heavy (non-hydrogen) atoms. The number of benzene rings is 2. The summed E-state index contributed by atoms with van der Waals surface area (Å²) in [4.78, 5) is 4.42. The molecule has 3 heterocycles. The monoisotopic (exact) mass is 519 g/mol. The maximum Gasteiger partial charge on any atom is 0.268 e. The third-order valence-electron chi connectivity index (χ3n) is 6.02. The van der Waals surface area contributed by atoms with Crippen LogP contribution in [0.15, 0.2) is 70.7 Å². The lowest BCUT2D eigenvalue weighted by Gasteiger charge is -2.15. The summed E-state index contributed by atoms with van der Waals surface area (Å²) in [5.74, 6) is 0. The molecule has 0 fully saturated rings. The number of aromatic nitrogens is 4. The minimum atomic E-state index is -3.92. The summed E-state index contributed by atoms with van der Waals surface area (Å²) in [7, 11) is -7.57. The molecule has 0 saturated heterocycles. The second-order valence-corrected chi connectivity index (χ2v) is 12.5. The van der Waals surface area contributed by atoms with E-state index in [9.17, 15) is 16.8 Å². The van der Waals surface area contributed by atoms with Crippen LogP contribution in [0.5, 0.6) is 0 Å². The first-order valence-electron chi connectivity index (χ1n) is 10.9. The summed E-state index contributed by atoms with van der Waals surface area (Å²) in [5.41, 5.74) is 2.86. The Morgan fingerprint density at radius 2 is 1.72 bits per heavy atom. The van der Waals surface area contributed by atoms with Gasteiger partial charge in [0.1, 0.15) is 11.8 Å². The van der Waals surface area contributed by atoms with Crippen molar-refractivity contribution in [3.05, 3.63) is 83.3 Å². The van der Waals surface area contributed by atoms with Crippen LogP contribution in [-0.4, -0.2) is 41.8 Å². The average Bonchev–Trinajstić information content (AvgIpc) is 3.44. The summed E-state index contributed by atoms with van der Waals surface area (Å²) in [6.45, 7) is 3.63. The Labute approximate surface area is 208 Å². The minimum absolute atomic E-state index is 0.0615. The first-order chi connectivity index (χ1) is 17.0. The van der Waals surface area contributed by atoms with Crippen molar-refractivity contribution >= 4 is 41.8 Å². The number of sulfone groups is 1. The molecular formula is C25H21N5O4S2. The molecule has 5 aromatic rings. The molecule has 5 rings (SSSR count). The highest BCUT2D eigenvalue weighted by atomic mass is 32.2. The lowest BCUT2D eigenvalue weighted by atomic mass is 10.1. The van der Waals surface area contributed by atoms with Crippen molar-refractivity contribution in [3.63, 3.8) is 0 Å². The predicted molar refractivity (Wildman–Crippen MR) is 135 cm³/mol. The molecule has 0 aliphatic rings. The van der Waals surface area contributed by atoms with Crippen molar-refractivity contribution in [2.24, 2.45) is 0 Å². The number of nitriles is 1. The first kappa shape index (κ1) is 23.7. The van der Waals surface area contributed by atoms with Crippen molar-refractivity contribution in [1.82, 2.24) is 18.7 Å². The van der Waals surface area contributed by atoms with Gasteiger partial charge in [-0.15, -0.1) is 0 Å². The van der Waals surface area contributed by atoms with Crippen LogP contribution in [0.3, 0.4) is 0 Å². The lowest BCUT2D eigenvalue weighted by Crippen LogP contribution is -2.14. The molecule has 0 aliphatic carbocycles. The quantitative estimate of drug-likeness (QED) is 0.347. The van der Waals surface area contributed by atoms with E-state index in [1.165, 1.54) is 16.2 Å². The fourth-order valence-corrected chi connectivity index (χ4v) is 6.73. The molecule has 0 radical (unpaired) electrons. The van der Waals surface area contributed by atoms with Crippen molar-refractivity contribution < 1.29 is 16.8 Å². The van der Waals surface area contributed by atoms with Crippen LogP contribution in [0.25, 0.3) is 21.9 Å². The van der Waals surface area contributed by atoms with Gasteiger partial charge in [0, 0.05) is 35.0 Å². The molecule has 0 bridgehead atoms. The van der Waals surface area contributed by atoms with Gasteiger partial charge in [-0.1, -0.05) is 17.7 Å².